The van der Waals surface area contributed by atoms with Crippen LogP contribution in [0.25, 0.3) is 33.5 Å². The Morgan fingerprint density at radius 3 is 2.44 bits per heavy atom. The maximum absolute atomic E-state index is 13.1. The molecular weight excluding hydrogens is 534 g/mol. The predicted molar refractivity (Wildman–Crippen MR) is 173 cm³/mol. The lowest BCUT2D eigenvalue weighted by atomic mass is 10.0. The van der Waals surface area contributed by atoms with Gasteiger partial charge in [0.2, 0.25) is 5.95 Å². The van der Waals surface area contributed by atoms with Crippen LogP contribution in [0.1, 0.15) is 45.8 Å². The summed E-state index contributed by atoms with van der Waals surface area (Å²) >= 11 is 0. The zero-order chi connectivity index (χ0) is 29.5. The van der Waals surface area contributed by atoms with Gasteiger partial charge in [0.25, 0.3) is 5.91 Å². The number of anilines is 2. The quantitative estimate of drug-likeness (QED) is 0.219. The zero-order valence-corrected chi connectivity index (χ0v) is 24.7. The molecule has 7 rings (SSSR count). The van der Waals surface area contributed by atoms with Crippen molar-refractivity contribution in [3.05, 3.63) is 95.1 Å². The van der Waals surface area contributed by atoms with Crippen molar-refractivity contribution in [1.82, 2.24) is 24.8 Å². The highest BCUT2D eigenvalue weighted by molar-refractivity contribution is 6.05. The van der Waals surface area contributed by atoms with Crippen LogP contribution >= 0.6 is 0 Å². The number of rotatable bonds is 7. The smallest absolute Gasteiger partial charge is 0.255 e. The molecule has 0 atom stereocenters. The molecule has 2 aromatic heterocycles. The molecule has 1 saturated heterocycles. The number of nitrogens with two attached hydrogens (primary N) is 1. The van der Waals surface area contributed by atoms with Gasteiger partial charge in [0.15, 0.2) is 0 Å². The number of benzene rings is 3. The Bertz CT molecular complexity index is 1780. The van der Waals surface area contributed by atoms with Crippen molar-refractivity contribution in [2.24, 2.45) is 0 Å². The molecule has 5 aromatic rings. The number of aromatic nitrogens is 3. The number of carbonyl (C=O) groups excluding carboxylic acids is 1. The van der Waals surface area contributed by atoms with E-state index in [1.54, 1.807) is 0 Å². The Balaban J connectivity index is 1.14. The molecule has 0 spiro atoms. The molecule has 1 amide bonds. The third-order valence-electron chi connectivity index (χ3n) is 8.83. The molecule has 2 aliphatic rings. The van der Waals surface area contributed by atoms with Gasteiger partial charge < -0.3 is 20.9 Å². The maximum Gasteiger partial charge on any atom is 0.255 e. The first-order chi connectivity index (χ1) is 20.9. The van der Waals surface area contributed by atoms with Crippen LogP contribution in [-0.4, -0.2) is 63.9 Å². The average molecular weight is 572 g/mol. The van der Waals surface area contributed by atoms with Crippen LogP contribution in [0.2, 0.25) is 0 Å². The first-order valence-electron chi connectivity index (χ1n) is 15.1. The van der Waals surface area contributed by atoms with Gasteiger partial charge in [0.05, 0.1) is 5.69 Å². The fourth-order valence-electron chi connectivity index (χ4n) is 5.99. The summed E-state index contributed by atoms with van der Waals surface area (Å²) in [6, 6.07) is 24.6. The number of nitrogens with zero attached hydrogens (tertiary/aromatic N) is 4. The molecule has 3 heterocycles. The lowest BCUT2D eigenvalue weighted by molar-refractivity contribution is 0.102. The Labute approximate surface area is 252 Å². The fourth-order valence-corrected chi connectivity index (χ4v) is 5.99. The van der Waals surface area contributed by atoms with Gasteiger partial charge in [-0.15, -0.1) is 0 Å². The zero-order valence-electron chi connectivity index (χ0n) is 24.7. The van der Waals surface area contributed by atoms with Crippen LogP contribution in [0.15, 0.2) is 72.8 Å². The molecule has 1 aliphatic carbocycles. The summed E-state index contributed by atoms with van der Waals surface area (Å²) in [5.74, 6) is 0.728. The van der Waals surface area contributed by atoms with Crippen molar-refractivity contribution in [1.29, 1.82) is 0 Å². The second-order valence-corrected chi connectivity index (χ2v) is 12.0. The van der Waals surface area contributed by atoms with E-state index in [0.717, 1.165) is 71.9 Å². The molecule has 0 bridgehead atoms. The normalized spacial score (nSPS) is 16.0. The van der Waals surface area contributed by atoms with Crippen LogP contribution < -0.4 is 11.1 Å². The van der Waals surface area contributed by atoms with E-state index in [1.165, 1.54) is 24.0 Å². The van der Waals surface area contributed by atoms with Crippen LogP contribution in [-0.2, 0) is 6.54 Å². The van der Waals surface area contributed by atoms with Crippen LogP contribution in [0.4, 0.5) is 11.6 Å². The molecule has 2 fully saturated rings. The first-order valence-corrected chi connectivity index (χ1v) is 15.1. The second-order valence-electron chi connectivity index (χ2n) is 12.0. The molecule has 3 aromatic carbocycles. The van der Waals surface area contributed by atoms with E-state index < -0.39 is 0 Å². The number of carbonyl (C=O) groups is 1. The van der Waals surface area contributed by atoms with Gasteiger partial charge in [0.1, 0.15) is 5.65 Å². The van der Waals surface area contributed by atoms with Crippen LogP contribution in [0, 0.1) is 6.92 Å². The van der Waals surface area contributed by atoms with E-state index in [1.807, 2.05) is 37.3 Å². The standard InChI is InChI=1S/C35H37N7O/c1-22-28(4-3-5-30(22)38-34(43)27-14-12-25(13-15-27)24-10-11-24)32-29-20-31(37-33(29)40-35(36)39-32)26-8-6-23(7-9-26)21-42-18-16-41(2)17-19-42/h3-9,12-15,20,24H,10-11,16-19,21H2,1-2H3,(H,38,43)(H3,36,37,39,40). The summed E-state index contributed by atoms with van der Waals surface area (Å²) in [6.07, 6.45) is 2.48. The van der Waals surface area contributed by atoms with Gasteiger partial charge in [-0.3, -0.25) is 9.69 Å². The van der Waals surface area contributed by atoms with E-state index in [4.69, 9.17) is 5.73 Å². The summed E-state index contributed by atoms with van der Waals surface area (Å²) in [7, 11) is 2.18. The molecule has 8 nitrogen and oxygen atoms in total. The Morgan fingerprint density at radius 2 is 1.72 bits per heavy atom. The van der Waals surface area contributed by atoms with Crippen LogP contribution in [0.5, 0.6) is 0 Å². The number of fused-ring (bicyclic) bond motifs is 1. The Morgan fingerprint density at radius 1 is 0.977 bits per heavy atom. The van der Waals surface area contributed by atoms with Gasteiger partial charge in [-0.25, -0.2) is 4.98 Å². The molecule has 0 radical (unpaired) electrons. The third kappa shape index (κ3) is 5.76. The number of nitrogens with one attached hydrogen (secondary N) is 2. The van der Waals surface area contributed by atoms with Crippen molar-refractivity contribution in [2.75, 3.05) is 44.3 Å². The van der Waals surface area contributed by atoms with Crippen molar-refractivity contribution in [3.63, 3.8) is 0 Å². The van der Waals surface area contributed by atoms with Gasteiger partial charge in [-0.05, 0) is 79.3 Å². The predicted octanol–water partition coefficient (Wildman–Crippen LogP) is 6.06. The van der Waals surface area contributed by atoms with E-state index in [0.29, 0.717) is 17.1 Å². The minimum atomic E-state index is -0.130. The molecule has 0 unspecified atom stereocenters. The largest absolute Gasteiger partial charge is 0.368 e. The monoisotopic (exact) mass is 571 g/mol. The molecule has 1 aliphatic heterocycles. The number of aromatic amines is 1. The first kappa shape index (κ1) is 27.3. The highest BCUT2D eigenvalue weighted by Gasteiger charge is 2.23. The van der Waals surface area contributed by atoms with Gasteiger partial charge >= 0.3 is 0 Å². The second kappa shape index (κ2) is 11.3. The van der Waals surface area contributed by atoms with Crippen molar-refractivity contribution in [2.45, 2.75) is 32.2 Å². The number of H-pyrrole nitrogens is 1. The van der Waals surface area contributed by atoms with Crippen molar-refractivity contribution in [3.8, 4) is 22.5 Å². The summed E-state index contributed by atoms with van der Waals surface area (Å²) < 4.78 is 0. The minimum Gasteiger partial charge on any atom is -0.368 e. The molecule has 4 N–H and O–H groups in total. The number of likely N-dealkylation sites (N-methyl/N-ethyl adjacent to an activating group) is 1. The average Bonchev–Trinajstić information content (AvgIpc) is 3.78. The number of nitrogen functional groups attached to an aromatic ring is 1. The number of piperazine rings is 1. The molecule has 218 valence electrons. The minimum absolute atomic E-state index is 0.130. The third-order valence-corrected chi connectivity index (χ3v) is 8.83. The highest BCUT2D eigenvalue weighted by atomic mass is 16.1. The lowest BCUT2D eigenvalue weighted by Crippen LogP contribution is -2.43. The molecule has 8 heteroatoms. The number of amides is 1. The maximum atomic E-state index is 13.1. The SMILES string of the molecule is Cc1c(NC(=O)c2ccc(C3CC3)cc2)cccc1-c1nc(N)nc2[nH]c(-c3ccc(CN4CCN(C)CC4)cc3)cc12. The van der Waals surface area contributed by atoms with E-state index in [9.17, 15) is 4.79 Å². The van der Waals surface area contributed by atoms with E-state index in [2.05, 4.69) is 79.6 Å². The molecule has 43 heavy (non-hydrogen) atoms. The molecular formula is C35H37N7O. The summed E-state index contributed by atoms with van der Waals surface area (Å²) in [5.41, 5.74) is 15.5. The summed E-state index contributed by atoms with van der Waals surface area (Å²) in [6.45, 7) is 7.38. The van der Waals surface area contributed by atoms with Gasteiger partial charge in [-0.2, -0.15) is 4.98 Å². The van der Waals surface area contributed by atoms with E-state index >= 15 is 0 Å². The number of hydrogen-bond acceptors (Lipinski definition) is 6. The summed E-state index contributed by atoms with van der Waals surface area (Å²) in [4.78, 5) is 30.6. The van der Waals surface area contributed by atoms with Crippen molar-refractivity contribution < 1.29 is 4.79 Å². The van der Waals surface area contributed by atoms with Crippen LogP contribution in [0.3, 0.4) is 0 Å². The topological polar surface area (TPSA) is 103 Å². The fraction of sp³-hybridized carbons (Fsp3) is 0.286. The highest BCUT2D eigenvalue weighted by Crippen LogP contribution is 2.40. The van der Waals surface area contributed by atoms with Crippen molar-refractivity contribution >= 4 is 28.6 Å². The van der Waals surface area contributed by atoms with Gasteiger partial charge in [0, 0.05) is 60.6 Å². The Hall–Kier alpha value is -4.53. The molecule has 1 saturated carbocycles. The van der Waals surface area contributed by atoms with Gasteiger partial charge in [-0.1, -0.05) is 48.5 Å². The lowest BCUT2D eigenvalue weighted by Gasteiger charge is -2.32. The number of hydrogen-bond donors (Lipinski definition) is 3. The Kier molecular flexibility index (Phi) is 7.16. The van der Waals surface area contributed by atoms with E-state index in [-0.39, 0.29) is 11.9 Å². The summed E-state index contributed by atoms with van der Waals surface area (Å²) in [5, 5.41) is 3.99.